The predicted molar refractivity (Wildman–Crippen MR) is 82.8 cm³/mol. The molecule has 1 fully saturated rings. The Bertz CT molecular complexity index is 502. The lowest BCUT2D eigenvalue weighted by molar-refractivity contribution is -0.122. The summed E-state index contributed by atoms with van der Waals surface area (Å²) in [6.07, 6.45) is 4.52. The minimum absolute atomic E-state index is 0.188. The zero-order valence-corrected chi connectivity index (χ0v) is 13.4. The van der Waals surface area contributed by atoms with Crippen LogP contribution in [0, 0.1) is 0 Å². The average molecular weight is 366 g/mol. The van der Waals surface area contributed by atoms with Crippen LogP contribution in [0.3, 0.4) is 0 Å². The van der Waals surface area contributed by atoms with E-state index in [9.17, 15) is 4.79 Å². The first-order chi connectivity index (χ1) is 8.94. The van der Waals surface area contributed by atoms with Crippen molar-refractivity contribution < 1.29 is 4.79 Å². The standard InChI is InChI=1S/C13H15BrCl2N2O/c14-8-4-5-9(11(16)10(8)15)18-12(19)13(17)6-2-1-3-7-13/h4-5H,1-3,6-7,17H2,(H,18,19). The summed E-state index contributed by atoms with van der Waals surface area (Å²) in [4.78, 5) is 12.3. The Balaban J connectivity index is 2.17. The first-order valence-electron chi connectivity index (χ1n) is 6.18. The van der Waals surface area contributed by atoms with Gasteiger partial charge in [-0.2, -0.15) is 0 Å². The van der Waals surface area contributed by atoms with Crippen LogP contribution >= 0.6 is 39.1 Å². The molecule has 1 aliphatic carbocycles. The van der Waals surface area contributed by atoms with Gasteiger partial charge in [-0.25, -0.2) is 0 Å². The maximum absolute atomic E-state index is 12.3. The summed E-state index contributed by atoms with van der Waals surface area (Å²) in [7, 11) is 0. The van der Waals surface area contributed by atoms with Crippen LogP contribution in [-0.4, -0.2) is 11.4 Å². The lowest BCUT2D eigenvalue weighted by Crippen LogP contribution is -2.52. The normalized spacial score (nSPS) is 18.1. The van der Waals surface area contributed by atoms with Crippen molar-refractivity contribution in [2.45, 2.75) is 37.6 Å². The molecule has 0 saturated heterocycles. The van der Waals surface area contributed by atoms with Crippen molar-refractivity contribution in [3.8, 4) is 0 Å². The largest absolute Gasteiger partial charge is 0.323 e. The molecule has 0 aliphatic heterocycles. The van der Waals surface area contributed by atoms with Crippen molar-refractivity contribution in [3.63, 3.8) is 0 Å². The van der Waals surface area contributed by atoms with Gasteiger partial charge < -0.3 is 11.1 Å². The first kappa shape index (κ1) is 15.1. The number of hydrogen-bond donors (Lipinski definition) is 2. The van der Waals surface area contributed by atoms with Gasteiger partial charge in [0.2, 0.25) is 5.91 Å². The number of carbonyl (C=O) groups excluding carboxylic acids is 1. The molecule has 19 heavy (non-hydrogen) atoms. The van der Waals surface area contributed by atoms with Gasteiger partial charge in [-0.05, 0) is 40.9 Å². The van der Waals surface area contributed by atoms with Crippen molar-refractivity contribution in [1.29, 1.82) is 0 Å². The van der Waals surface area contributed by atoms with E-state index in [4.69, 9.17) is 28.9 Å². The van der Waals surface area contributed by atoms with E-state index >= 15 is 0 Å². The molecule has 3 N–H and O–H groups in total. The molecule has 6 heteroatoms. The summed E-state index contributed by atoms with van der Waals surface area (Å²) in [5, 5.41) is 3.49. The highest BCUT2D eigenvalue weighted by molar-refractivity contribution is 9.10. The second-order valence-corrected chi connectivity index (χ2v) is 6.50. The Morgan fingerprint density at radius 2 is 1.84 bits per heavy atom. The highest BCUT2D eigenvalue weighted by atomic mass is 79.9. The van der Waals surface area contributed by atoms with E-state index in [-0.39, 0.29) is 5.91 Å². The molecule has 1 amide bonds. The summed E-state index contributed by atoms with van der Waals surface area (Å²) in [5.74, 6) is -0.188. The molecule has 0 unspecified atom stereocenters. The monoisotopic (exact) mass is 364 g/mol. The van der Waals surface area contributed by atoms with E-state index < -0.39 is 5.54 Å². The minimum Gasteiger partial charge on any atom is -0.323 e. The quantitative estimate of drug-likeness (QED) is 0.765. The van der Waals surface area contributed by atoms with E-state index in [2.05, 4.69) is 21.2 Å². The van der Waals surface area contributed by atoms with E-state index in [0.717, 1.165) is 19.3 Å². The molecule has 1 aromatic rings. The van der Waals surface area contributed by atoms with Crippen LogP contribution in [-0.2, 0) is 4.79 Å². The van der Waals surface area contributed by atoms with Crippen LogP contribution in [0.25, 0.3) is 0 Å². The van der Waals surface area contributed by atoms with Crippen LogP contribution in [0.5, 0.6) is 0 Å². The van der Waals surface area contributed by atoms with E-state index in [1.165, 1.54) is 0 Å². The van der Waals surface area contributed by atoms with Gasteiger partial charge in [-0.1, -0.05) is 42.5 Å². The molecular formula is C13H15BrCl2N2O. The summed E-state index contributed by atoms with van der Waals surface area (Å²) in [5.41, 5.74) is 5.88. The van der Waals surface area contributed by atoms with Gasteiger partial charge in [-0.3, -0.25) is 4.79 Å². The Morgan fingerprint density at radius 1 is 1.21 bits per heavy atom. The van der Waals surface area contributed by atoms with Gasteiger partial charge in [0.25, 0.3) is 0 Å². The molecule has 3 nitrogen and oxygen atoms in total. The van der Waals surface area contributed by atoms with Crippen molar-refractivity contribution in [1.82, 2.24) is 0 Å². The van der Waals surface area contributed by atoms with Gasteiger partial charge in [0, 0.05) is 4.47 Å². The number of carbonyl (C=O) groups is 1. The van der Waals surface area contributed by atoms with Crippen molar-refractivity contribution in [3.05, 3.63) is 26.7 Å². The third kappa shape index (κ3) is 3.24. The average Bonchev–Trinajstić information content (AvgIpc) is 2.40. The molecule has 0 atom stereocenters. The zero-order chi connectivity index (χ0) is 14.0. The molecule has 0 heterocycles. The molecule has 1 aliphatic rings. The molecule has 0 radical (unpaired) electrons. The van der Waals surface area contributed by atoms with Crippen molar-refractivity contribution in [2.75, 3.05) is 5.32 Å². The van der Waals surface area contributed by atoms with Gasteiger partial charge in [-0.15, -0.1) is 0 Å². The van der Waals surface area contributed by atoms with Crippen LogP contribution in [0.15, 0.2) is 16.6 Å². The summed E-state index contributed by atoms with van der Waals surface area (Å²) in [6.45, 7) is 0. The van der Waals surface area contributed by atoms with Crippen LogP contribution in [0.4, 0.5) is 5.69 Å². The second kappa shape index (κ2) is 6.00. The van der Waals surface area contributed by atoms with Gasteiger partial charge in [0.05, 0.1) is 21.3 Å². The zero-order valence-electron chi connectivity index (χ0n) is 10.3. The number of nitrogens with one attached hydrogen (secondary N) is 1. The number of rotatable bonds is 2. The lowest BCUT2D eigenvalue weighted by atomic mass is 9.82. The molecule has 1 aromatic carbocycles. The number of halogens is 3. The Labute approximate surface area is 131 Å². The van der Waals surface area contributed by atoms with Crippen LogP contribution in [0.2, 0.25) is 10.0 Å². The van der Waals surface area contributed by atoms with Crippen molar-refractivity contribution >= 4 is 50.7 Å². The fourth-order valence-electron chi connectivity index (χ4n) is 2.28. The molecular weight excluding hydrogens is 351 g/mol. The minimum atomic E-state index is -0.791. The molecule has 104 valence electrons. The van der Waals surface area contributed by atoms with Crippen LogP contribution < -0.4 is 11.1 Å². The number of nitrogens with two attached hydrogens (primary N) is 1. The fraction of sp³-hybridized carbons (Fsp3) is 0.462. The van der Waals surface area contributed by atoms with Crippen molar-refractivity contribution in [2.24, 2.45) is 5.73 Å². The highest BCUT2D eigenvalue weighted by Crippen LogP contribution is 2.36. The molecule has 1 saturated carbocycles. The van der Waals surface area contributed by atoms with Gasteiger partial charge in [0.15, 0.2) is 0 Å². The second-order valence-electron chi connectivity index (χ2n) is 4.89. The molecule has 2 rings (SSSR count). The van der Waals surface area contributed by atoms with Crippen LogP contribution in [0.1, 0.15) is 32.1 Å². The third-order valence-corrected chi connectivity index (χ3v) is 5.25. The number of benzene rings is 1. The Morgan fingerprint density at radius 3 is 2.47 bits per heavy atom. The Hall–Kier alpha value is -0.290. The summed E-state index contributed by atoms with van der Waals surface area (Å²) >= 11 is 15.4. The SMILES string of the molecule is NC1(C(=O)Nc2ccc(Br)c(Cl)c2Cl)CCCCC1. The summed E-state index contributed by atoms with van der Waals surface area (Å²) < 4.78 is 0.692. The van der Waals surface area contributed by atoms with E-state index in [1.807, 2.05) is 0 Å². The summed E-state index contributed by atoms with van der Waals surface area (Å²) in [6, 6.07) is 3.45. The fourth-order valence-corrected chi connectivity index (χ4v) is 3.10. The van der Waals surface area contributed by atoms with Gasteiger partial charge >= 0.3 is 0 Å². The maximum Gasteiger partial charge on any atom is 0.244 e. The maximum atomic E-state index is 12.3. The van der Waals surface area contributed by atoms with Gasteiger partial charge in [0.1, 0.15) is 0 Å². The predicted octanol–water partition coefficient (Wildman–Crippen LogP) is 4.36. The first-order valence-corrected chi connectivity index (χ1v) is 7.73. The third-order valence-electron chi connectivity index (χ3n) is 3.48. The number of amides is 1. The molecule has 0 bridgehead atoms. The number of hydrogen-bond acceptors (Lipinski definition) is 2. The van der Waals surface area contributed by atoms with E-state index in [1.54, 1.807) is 12.1 Å². The highest BCUT2D eigenvalue weighted by Gasteiger charge is 2.35. The smallest absolute Gasteiger partial charge is 0.244 e. The van der Waals surface area contributed by atoms with E-state index in [0.29, 0.717) is 33.0 Å². The molecule has 0 spiro atoms. The topological polar surface area (TPSA) is 55.1 Å². The number of anilines is 1. The lowest BCUT2D eigenvalue weighted by Gasteiger charge is -2.31. The Kier molecular flexibility index (Phi) is 4.77. The molecule has 0 aromatic heterocycles.